The van der Waals surface area contributed by atoms with Crippen LogP contribution in [0.5, 0.6) is 0 Å². The fourth-order valence-corrected chi connectivity index (χ4v) is 2.68. The van der Waals surface area contributed by atoms with Crippen molar-refractivity contribution in [3.05, 3.63) is 58.2 Å². The molecule has 2 N–H and O–H groups in total. The summed E-state index contributed by atoms with van der Waals surface area (Å²) in [6, 6.07) is 8.40. The van der Waals surface area contributed by atoms with E-state index in [0.29, 0.717) is 23.3 Å². The van der Waals surface area contributed by atoms with Crippen LogP contribution in [0.3, 0.4) is 0 Å². The van der Waals surface area contributed by atoms with Crippen molar-refractivity contribution in [3.8, 4) is 6.07 Å². The molecule has 7 nitrogen and oxygen atoms in total. The van der Waals surface area contributed by atoms with Crippen LogP contribution in [-0.4, -0.2) is 26.2 Å². The summed E-state index contributed by atoms with van der Waals surface area (Å²) in [7, 11) is 2.55. The van der Waals surface area contributed by atoms with E-state index in [-0.39, 0.29) is 17.0 Å². The molecule has 1 aliphatic heterocycles. The van der Waals surface area contributed by atoms with Crippen LogP contribution in [0.4, 0.5) is 0 Å². The third-order valence-electron chi connectivity index (χ3n) is 3.89. The third-order valence-corrected chi connectivity index (χ3v) is 3.89. The molecule has 0 fully saturated rings. The van der Waals surface area contributed by atoms with Gasteiger partial charge in [-0.05, 0) is 17.7 Å². The van der Waals surface area contributed by atoms with Gasteiger partial charge in [-0.15, -0.1) is 0 Å². The van der Waals surface area contributed by atoms with Crippen molar-refractivity contribution in [2.24, 2.45) is 5.73 Å². The number of esters is 2. The summed E-state index contributed by atoms with van der Waals surface area (Å²) < 4.78 is 15.0. The van der Waals surface area contributed by atoms with Crippen molar-refractivity contribution < 1.29 is 23.8 Å². The highest BCUT2D eigenvalue weighted by Gasteiger charge is 2.36. The molecule has 0 amide bonds. The summed E-state index contributed by atoms with van der Waals surface area (Å²) in [5.41, 5.74) is 7.17. The Morgan fingerprint density at radius 2 is 1.80 bits per heavy atom. The fraction of sp³-hybridized carbons (Fsp3) is 0.278. The number of nitrogens with two attached hydrogens (primary N) is 1. The van der Waals surface area contributed by atoms with Gasteiger partial charge in [0.25, 0.3) is 0 Å². The molecule has 0 saturated heterocycles. The van der Waals surface area contributed by atoms with Crippen LogP contribution in [0.1, 0.15) is 35.2 Å². The number of hydrogen-bond donors (Lipinski definition) is 1. The molecule has 0 spiro atoms. The highest BCUT2D eigenvalue weighted by atomic mass is 16.5. The minimum atomic E-state index is -0.729. The molecule has 0 unspecified atom stereocenters. The molecule has 0 aromatic heterocycles. The number of rotatable bonds is 4. The number of carbonyl (C=O) groups is 2. The van der Waals surface area contributed by atoms with E-state index >= 15 is 0 Å². The van der Waals surface area contributed by atoms with Gasteiger partial charge in [-0.25, -0.2) is 9.59 Å². The zero-order chi connectivity index (χ0) is 18.6. The molecule has 1 atom stereocenters. The van der Waals surface area contributed by atoms with Gasteiger partial charge in [-0.2, -0.15) is 5.26 Å². The van der Waals surface area contributed by atoms with Gasteiger partial charge in [0.1, 0.15) is 17.4 Å². The van der Waals surface area contributed by atoms with Crippen molar-refractivity contribution in [2.45, 2.75) is 19.3 Å². The first-order valence-corrected chi connectivity index (χ1v) is 7.55. The number of benzene rings is 1. The first kappa shape index (κ1) is 18.1. The molecule has 1 heterocycles. The molecule has 1 aromatic rings. The van der Waals surface area contributed by atoms with Crippen LogP contribution in [0, 0.1) is 11.3 Å². The predicted molar refractivity (Wildman–Crippen MR) is 87.8 cm³/mol. The number of nitrogens with zero attached hydrogens (tertiary/aromatic N) is 1. The van der Waals surface area contributed by atoms with Gasteiger partial charge in [0, 0.05) is 6.42 Å². The number of methoxy groups -OCH3 is 2. The van der Waals surface area contributed by atoms with Crippen LogP contribution in [0.25, 0.3) is 0 Å². The van der Waals surface area contributed by atoms with Crippen molar-refractivity contribution in [1.82, 2.24) is 0 Å². The first-order valence-electron chi connectivity index (χ1n) is 7.55. The van der Waals surface area contributed by atoms with Crippen LogP contribution < -0.4 is 5.73 Å². The Morgan fingerprint density at radius 1 is 1.20 bits per heavy atom. The van der Waals surface area contributed by atoms with Crippen molar-refractivity contribution in [3.63, 3.8) is 0 Å². The number of hydrogen-bond acceptors (Lipinski definition) is 7. The topological polar surface area (TPSA) is 112 Å². The van der Waals surface area contributed by atoms with Gasteiger partial charge in [-0.1, -0.05) is 19.1 Å². The van der Waals surface area contributed by atoms with E-state index in [1.54, 1.807) is 31.2 Å². The van der Waals surface area contributed by atoms with E-state index < -0.39 is 17.9 Å². The standard InChI is InChI=1S/C18H18N2O5/c1-4-13-15(18(22)24-3)14(12(9-19)16(20)25-13)10-5-7-11(8-6-10)17(21)23-2/h5-8,14H,4,20H2,1-3H3/t14-/m1/s1. The summed E-state index contributed by atoms with van der Waals surface area (Å²) in [6.45, 7) is 1.81. The van der Waals surface area contributed by atoms with Crippen molar-refractivity contribution in [1.29, 1.82) is 5.26 Å². The summed E-state index contributed by atoms with van der Waals surface area (Å²) >= 11 is 0. The molecule has 25 heavy (non-hydrogen) atoms. The second-order valence-electron chi connectivity index (χ2n) is 5.22. The number of ether oxygens (including phenoxy) is 3. The van der Waals surface area contributed by atoms with Crippen LogP contribution >= 0.6 is 0 Å². The maximum atomic E-state index is 12.3. The maximum Gasteiger partial charge on any atom is 0.338 e. The van der Waals surface area contributed by atoms with Crippen molar-refractivity contribution >= 4 is 11.9 Å². The lowest BCUT2D eigenvalue weighted by atomic mass is 9.82. The molecule has 0 bridgehead atoms. The van der Waals surface area contributed by atoms with Crippen LogP contribution in [-0.2, 0) is 19.0 Å². The summed E-state index contributed by atoms with van der Waals surface area (Å²) in [5, 5.41) is 9.49. The highest BCUT2D eigenvalue weighted by Crippen LogP contribution is 2.40. The Labute approximate surface area is 145 Å². The minimum Gasteiger partial charge on any atom is -0.466 e. The summed E-state index contributed by atoms with van der Waals surface area (Å²) in [4.78, 5) is 23.9. The lowest BCUT2D eigenvalue weighted by Gasteiger charge is -2.27. The molecule has 1 aromatic carbocycles. The van der Waals surface area contributed by atoms with Gasteiger partial charge < -0.3 is 19.9 Å². The van der Waals surface area contributed by atoms with Crippen molar-refractivity contribution in [2.75, 3.05) is 14.2 Å². The Kier molecular flexibility index (Phi) is 5.45. The Hall–Kier alpha value is -3.27. The van der Waals surface area contributed by atoms with Gasteiger partial charge in [-0.3, -0.25) is 0 Å². The highest BCUT2D eigenvalue weighted by molar-refractivity contribution is 5.93. The molecule has 7 heteroatoms. The van der Waals surface area contributed by atoms with Gasteiger partial charge in [0.15, 0.2) is 0 Å². The molecular formula is C18H18N2O5. The zero-order valence-electron chi connectivity index (χ0n) is 14.2. The predicted octanol–water partition coefficient (Wildman–Crippen LogP) is 2.12. The summed E-state index contributed by atoms with van der Waals surface area (Å²) in [5.74, 6) is -1.50. The average Bonchev–Trinajstić information content (AvgIpc) is 2.65. The van der Waals surface area contributed by atoms with Gasteiger partial charge >= 0.3 is 11.9 Å². The molecular weight excluding hydrogens is 324 g/mol. The monoisotopic (exact) mass is 342 g/mol. The Morgan fingerprint density at radius 3 is 2.28 bits per heavy atom. The zero-order valence-corrected chi connectivity index (χ0v) is 14.2. The average molecular weight is 342 g/mol. The molecule has 0 aliphatic carbocycles. The fourth-order valence-electron chi connectivity index (χ4n) is 2.68. The summed E-state index contributed by atoms with van der Waals surface area (Å²) in [6.07, 6.45) is 0.403. The van der Waals surface area contributed by atoms with E-state index in [9.17, 15) is 14.9 Å². The van der Waals surface area contributed by atoms with Gasteiger partial charge in [0.05, 0.1) is 31.3 Å². The number of carbonyl (C=O) groups excluding carboxylic acids is 2. The van der Waals surface area contributed by atoms with E-state index in [4.69, 9.17) is 15.2 Å². The first-order chi connectivity index (χ1) is 12.0. The van der Waals surface area contributed by atoms with E-state index in [1.807, 2.05) is 6.07 Å². The second-order valence-corrected chi connectivity index (χ2v) is 5.22. The smallest absolute Gasteiger partial charge is 0.338 e. The van der Waals surface area contributed by atoms with Crippen LogP contribution in [0.15, 0.2) is 47.1 Å². The minimum absolute atomic E-state index is 0.0472. The molecule has 0 radical (unpaired) electrons. The molecule has 1 aliphatic rings. The van der Waals surface area contributed by atoms with E-state index in [2.05, 4.69) is 4.74 Å². The number of nitriles is 1. The normalized spacial score (nSPS) is 16.8. The second kappa shape index (κ2) is 7.53. The molecule has 0 saturated carbocycles. The lowest BCUT2D eigenvalue weighted by Crippen LogP contribution is -2.25. The van der Waals surface area contributed by atoms with E-state index in [1.165, 1.54) is 14.2 Å². The third kappa shape index (κ3) is 3.33. The molecule has 130 valence electrons. The maximum absolute atomic E-state index is 12.3. The number of allylic oxidation sites excluding steroid dienone is 2. The van der Waals surface area contributed by atoms with Gasteiger partial charge in [0.2, 0.25) is 5.88 Å². The van der Waals surface area contributed by atoms with Crippen LogP contribution in [0.2, 0.25) is 0 Å². The largest absolute Gasteiger partial charge is 0.466 e. The Balaban J connectivity index is 2.60. The quantitative estimate of drug-likeness (QED) is 0.834. The van der Waals surface area contributed by atoms with E-state index in [0.717, 1.165) is 0 Å². The Bertz CT molecular complexity index is 800. The SMILES string of the molecule is CCC1=C(C(=O)OC)[C@H](c2ccc(C(=O)OC)cc2)C(C#N)=C(N)O1. The lowest BCUT2D eigenvalue weighted by molar-refractivity contribution is -0.136. The molecule has 2 rings (SSSR count).